The largest absolute Gasteiger partial charge is 0.445 e. The van der Waals surface area contributed by atoms with Crippen LogP contribution in [0.5, 0.6) is 0 Å². The lowest BCUT2D eigenvalue weighted by atomic mass is 10.0. The van der Waals surface area contributed by atoms with E-state index in [-0.39, 0.29) is 6.09 Å². The summed E-state index contributed by atoms with van der Waals surface area (Å²) in [6.07, 6.45) is 5.87. The van der Waals surface area contributed by atoms with E-state index in [2.05, 4.69) is 4.90 Å². The molecule has 0 saturated carbocycles. The van der Waals surface area contributed by atoms with Gasteiger partial charge in [-0.3, -0.25) is 0 Å². The van der Waals surface area contributed by atoms with Gasteiger partial charge in [-0.1, -0.05) is 30.3 Å². The van der Waals surface area contributed by atoms with Crippen LogP contribution >= 0.6 is 0 Å². The number of amides is 1. The molecule has 2 fully saturated rings. The van der Waals surface area contributed by atoms with Gasteiger partial charge >= 0.3 is 6.09 Å². The van der Waals surface area contributed by atoms with Gasteiger partial charge in [-0.25, -0.2) is 4.79 Å². The predicted octanol–water partition coefficient (Wildman–Crippen LogP) is 3.27. The molecule has 4 heteroatoms. The van der Waals surface area contributed by atoms with Crippen LogP contribution in [0.15, 0.2) is 30.3 Å². The standard InChI is InChI=1S/C18H26N2O2/c21-18(22-15-16-8-2-1-3-9-16)20-13-5-4-10-17(20)14-19-11-6-7-12-19/h1-3,8-9,17H,4-7,10-15H2/t17-/m0/s1. The Balaban J connectivity index is 1.53. The number of rotatable bonds is 4. The van der Waals surface area contributed by atoms with Crippen LogP contribution in [0.1, 0.15) is 37.7 Å². The predicted molar refractivity (Wildman–Crippen MR) is 86.6 cm³/mol. The zero-order valence-corrected chi connectivity index (χ0v) is 13.2. The van der Waals surface area contributed by atoms with Gasteiger partial charge in [-0.2, -0.15) is 0 Å². The Hall–Kier alpha value is -1.55. The maximum atomic E-state index is 12.4. The molecule has 0 spiro atoms. The summed E-state index contributed by atoms with van der Waals surface area (Å²) in [7, 11) is 0. The van der Waals surface area contributed by atoms with Crippen molar-refractivity contribution < 1.29 is 9.53 Å². The highest BCUT2D eigenvalue weighted by Gasteiger charge is 2.29. The van der Waals surface area contributed by atoms with Crippen LogP contribution in [0.4, 0.5) is 4.79 Å². The Bertz CT molecular complexity index is 471. The van der Waals surface area contributed by atoms with E-state index in [0.717, 1.165) is 31.5 Å². The molecule has 2 saturated heterocycles. The molecule has 1 aromatic rings. The van der Waals surface area contributed by atoms with Crippen molar-refractivity contribution in [1.82, 2.24) is 9.80 Å². The van der Waals surface area contributed by atoms with Crippen molar-refractivity contribution in [2.24, 2.45) is 0 Å². The van der Waals surface area contributed by atoms with Gasteiger partial charge in [-0.15, -0.1) is 0 Å². The highest BCUT2D eigenvalue weighted by molar-refractivity contribution is 5.68. The molecule has 120 valence electrons. The Morgan fingerprint density at radius 1 is 1.05 bits per heavy atom. The van der Waals surface area contributed by atoms with Gasteiger partial charge in [0, 0.05) is 19.1 Å². The fraction of sp³-hybridized carbons (Fsp3) is 0.611. The molecule has 1 amide bonds. The van der Waals surface area contributed by atoms with Gasteiger partial charge in [0.15, 0.2) is 0 Å². The zero-order chi connectivity index (χ0) is 15.2. The van der Waals surface area contributed by atoms with Crippen molar-refractivity contribution in [3.8, 4) is 0 Å². The molecule has 2 aliphatic heterocycles. The minimum absolute atomic E-state index is 0.146. The normalized spacial score (nSPS) is 22.7. The number of likely N-dealkylation sites (tertiary alicyclic amines) is 2. The van der Waals surface area contributed by atoms with E-state index >= 15 is 0 Å². The molecular weight excluding hydrogens is 276 g/mol. The third-order valence-corrected chi connectivity index (χ3v) is 4.73. The topological polar surface area (TPSA) is 32.8 Å². The van der Waals surface area contributed by atoms with Gasteiger partial charge in [0.1, 0.15) is 6.61 Å². The third kappa shape index (κ3) is 4.01. The lowest BCUT2D eigenvalue weighted by Gasteiger charge is -2.37. The van der Waals surface area contributed by atoms with Crippen LogP contribution in [0.2, 0.25) is 0 Å². The molecule has 1 aromatic carbocycles. The first-order chi connectivity index (χ1) is 10.8. The monoisotopic (exact) mass is 302 g/mol. The van der Waals surface area contributed by atoms with E-state index in [1.807, 2.05) is 35.2 Å². The molecule has 1 atom stereocenters. The van der Waals surface area contributed by atoms with Crippen LogP contribution in [-0.2, 0) is 11.3 Å². The van der Waals surface area contributed by atoms with Crippen LogP contribution in [0.3, 0.4) is 0 Å². The van der Waals surface area contributed by atoms with Crippen molar-refractivity contribution in [2.75, 3.05) is 26.2 Å². The van der Waals surface area contributed by atoms with Crippen LogP contribution < -0.4 is 0 Å². The Kier molecular flexibility index (Phi) is 5.33. The minimum atomic E-state index is -0.146. The van der Waals surface area contributed by atoms with E-state index in [4.69, 9.17) is 4.74 Å². The zero-order valence-electron chi connectivity index (χ0n) is 13.2. The summed E-state index contributed by atoms with van der Waals surface area (Å²) in [6.45, 7) is 4.59. The highest BCUT2D eigenvalue weighted by atomic mass is 16.6. The molecule has 2 heterocycles. The fourth-order valence-corrected chi connectivity index (χ4v) is 3.50. The van der Waals surface area contributed by atoms with Crippen molar-refractivity contribution in [3.05, 3.63) is 35.9 Å². The fourth-order valence-electron chi connectivity index (χ4n) is 3.50. The second kappa shape index (κ2) is 7.63. The van der Waals surface area contributed by atoms with Crippen LogP contribution in [-0.4, -0.2) is 48.1 Å². The van der Waals surface area contributed by atoms with E-state index < -0.39 is 0 Å². The maximum absolute atomic E-state index is 12.4. The summed E-state index contributed by atoms with van der Waals surface area (Å²) in [5, 5.41) is 0. The van der Waals surface area contributed by atoms with E-state index in [9.17, 15) is 4.79 Å². The molecule has 0 aliphatic carbocycles. The van der Waals surface area contributed by atoms with Crippen LogP contribution in [0, 0.1) is 0 Å². The SMILES string of the molecule is O=C(OCc1ccccc1)N1CCCC[C@H]1CN1CCCC1. The molecule has 3 rings (SSSR count). The summed E-state index contributed by atoms with van der Waals surface area (Å²) >= 11 is 0. The van der Waals surface area contributed by atoms with E-state index in [1.54, 1.807) is 0 Å². The molecule has 2 aliphatic rings. The Morgan fingerprint density at radius 2 is 1.77 bits per heavy atom. The minimum Gasteiger partial charge on any atom is -0.445 e. The second-order valence-electron chi connectivity index (χ2n) is 6.39. The van der Waals surface area contributed by atoms with E-state index in [1.165, 1.54) is 32.4 Å². The molecule has 0 unspecified atom stereocenters. The van der Waals surface area contributed by atoms with Crippen molar-refractivity contribution in [3.63, 3.8) is 0 Å². The molecule has 0 radical (unpaired) electrons. The van der Waals surface area contributed by atoms with Gasteiger partial charge in [-0.05, 0) is 50.8 Å². The molecule has 0 N–H and O–H groups in total. The second-order valence-corrected chi connectivity index (χ2v) is 6.39. The first-order valence-corrected chi connectivity index (χ1v) is 8.52. The first-order valence-electron chi connectivity index (χ1n) is 8.52. The number of benzene rings is 1. The summed E-state index contributed by atoms with van der Waals surface area (Å²) in [6, 6.07) is 10.2. The number of nitrogens with zero attached hydrogens (tertiary/aromatic N) is 2. The Labute approximate surface area is 133 Å². The quantitative estimate of drug-likeness (QED) is 0.855. The lowest BCUT2D eigenvalue weighted by Crippen LogP contribution is -2.49. The summed E-state index contributed by atoms with van der Waals surface area (Å²) in [5.41, 5.74) is 1.05. The molecular formula is C18H26N2O2. The maximum Gasteiger partial charge on any atom is 0.410 e. The molecule has 0 aromatic heterocycles. The number of carbonyl (C=O) groups excluding carboxylic acids is 1. The first kappa shape index (κ1) is 15.3. The summed E-state index contributed by atoms with van der Waals surface area (Å²) in [5.74, 6) is 0. The molecule has 4 nitrogen and oxygen atoms in total. The summed E-state index contributed by atoms with van der Waals surface area (Å²) < 4.78 is 5.53. The van der Waals surface area contributed by atoms with Gasteiger partial charge in [0.05, 0.1) is 0 Å². The number of hydrogen-bond acceptors (Lipinski definition) is 3. The van der Waals surface area contributed by atoms with Crippen molar-refractivity contribution in [1.29, 1.82) is 0 Å². The molecule has 22 heavy (non-hydrogen) atoms. The average molecular weight is 302 g/mol. The number of carbonyl (C=O) groups is 1. The van der Waals surface area contributed by atoms with Gasteiger partial charge in [0.25, 0.3) is 0 Å². The Morgan fingerprint density at radius 3 is 2.55 bits per heavy atom. The van der Waals surface area contributed by atoms with Gasteiger partial charge < -0.3 is 14.5 Å². The summed E-state index contributed by atoms with van der Waals surface area (Å²) in [4.78, 5) is 16.9. The third-order valence-electron chi connectivity index (χ3n) is 4.73. The van der Waals surface area contributed by atoms with Crippen molar-refractivity contribution >= 4 is 6.09 Å². The number of ether oxygens (including phenoxy) is 1. The number of piperidine rings is 1. The number of hydrogen-bond donors (Lipinski definition) is 0. The van der Waals surface area contributed by atoms with Crippen LogP contribution in [0.25, 0.3) is 0 Å². The average Bonchev–Trinajstić information content (AvgIpc) is 3.07. The van der Waals surface area contributed by atoms with Crippen molar-refractivity contribution in [2.45, 2.75) is 44.8 Å². The van der Waals surface area contributed by atoms with Gasteiger partial charge in [0.2, 0.25) is 0 Å². The lowest BCUT2D eigenvalue weighted by molar-refractivity contribution is 0.0589. The smallest absolute Gasteiger partial charge is 0.410 e. The molecule has 0 bridgehead atoms. The van der Waals surface area contributed by atoms with E-state index in [0.29, 0.717) is 12.6 Å². The highest BCUT2D eigenvalue weighted by Crippen LogP contribution is 2.21.